The van der Waals surface area contributed by atoms with E-state index in [2.05, 4.69) is 5.32 Å². The highest BCUT2D eigenvalue weighted by Gasteiger charge is 2.09. The molecule has 2 rings (SSSR count). The molecule has 2 aromatic rings. The number of amides is 1. The topological polar surface area (TPSA) is 64.6 Å². The van der Waals surface area contributed by atoms with E-state index < -0.39 is 5.82 Å². The number of carbonyl (C=O) groups excluding carboxylic acids is 2. The highest BCUT2D eigenvalue weighted by atomic mass is 19.1. The summed E-state index contributed by atoms with van der Waals surface area (Å²) in [6.07, 6.45) is 0.163. The second-order valence-corrected chi connectivity index (χ2v) is 5.53. The molecule has 5 nitrogen and oxygen atoms in total. The molecule has 0 heterocycles. The first-order valence-electron chi connectivity index (χ1n) is 8.49. The van der Waals surface area contributed by atoms with Crippen LogP contribution >= 0.6 is 0 Å². The molecule has 0 atom stereocenters. The van der Waals surface area contributed by atoms with Crippen LogP contribution in [0.15, 0.2) is 48.5 Å². The van der Waals surface area contributed by atoms with Gasteiger partial charge in [0.15, 0.2) is 5.78 Å². The van der Waals surface area contributed by atoms with Crippen LogP contribution in [0.25, 0.3) is 0 Å². The number of halogens is 1. The summed E-state index contributed by atoms with van der Waals surface area (Å²) >= 11 is 0. The third-order valence-corrected chi connectivity index (χ3v) is 3.57. The predicted octanol–water partition coefficient (Wildman–Crippen LogP) is 3.38. The molecule has 0 aromatic heterocycles. The minimum atomic E-state index is -0.396. The monoisotopic (exact) mass is 359 g/mol. The van der Waals surface area contributed by atoms with Crippen LogP contribution in [0.3, 0.4) is 0 Å². The SMILES string of the molecule is CCOc1ccc(OCCNC(=O)CCC(=O)c2ccc(F)cc2)cc1. The fourth-order valence-electron chi connectivity index (χ4n) is 2.25. The lowest BCUT2D eigenvalue weighted by molar-refractivity contribution is -0.121. The largest absolute Gasteiger partial charge is 0.494 e. The van der Waals surface area contributed by atoms with Crippen LogP contribution in [0.2, 0.25) is 0 Å². The molecule has 2 aromatic carbocycles. The van der Waals surface area contributed by atoms with E-state index >= 15 is 0 Å². The first-order chi connectivity index (χ1) is 12.6. The normalized spacial score (nSPS) is 10.2. The van der Waals surface area contributed by atoms with Crippen LogP contribution in [0, 0.1) is 5.82 Å². The summed E-state index contributed by atoms with van der Waals surface area (Å²) in [5, 5.41) is 2.70. The fourth-order valence-corrected chi connectivity index (χ4v) is 2.25. The second kappa shape index (κ2) is 10.2. The van der Waals surface area contributed by atoms with Gasteiger partial charge in [-0.15, -0.1) is 0 Å². The van der Waals surface area contributed by atoms with Crippen molar-refractivity contribution in [2.24, 2.45) is 0 Å². The van der Waals surface area contributed by atoms with E-state index in [4.69, 9.17) is 9.47 Å². The highest BCUT2D eigenvalue weighted by molar-refractivity contribution is 5.97. The first-order valence-corrected chi connectivity index (χ1v) is 8.49. The Morgan fingerprint density at radius 3 is 2.15 bits per heavy atom. The van der Waals surface area contributed by atoms with E-state index in [1.807, 2.05) is 19.1 Å². The molecule has 138 valence electrons. The zero-order valence-electron chi connectivity index (χ0n) is 14.7. The van der Waals surface area contributed by atoms with Gasteiger partial charge in [-0.2, -0.15) is 0 Å². The van der Waals surface area contributed by atoms with Crippen molar-refractivity contribution in [3.05, 3.63) is 59.9 Å². The third-order valence-electron chi connectivity index (χ3n) is 3.57. The summed E-state index contributed by atoms with van der Waals surface area (Å²) in [6.45, 7) is 3.19. The number of ether oxygens (including phenoxy) is 2. The summed E-state index contributed by atoms with van der Waals surface area (Å²) in [5.74, 6) is 0.654. The lowest BCUT2D eigenvalue weighted by atomic mass is 10.1. The molecule has 0 aliphatic rings. The lowest BCUT2D eigenvalue weighted by Crippen LogP contribution is -2.28. The van der Waals surface area contributed by atoms with Gasteiger partial charge >= 0.3 is 0 Å². The Hall–Kier alpha value is -2.89. The Morgan fingerprint density at radius 2 is 1.54 bits per heavy atom. The smallest absolute Gasteiger partial charge is 0.220 e. The highest BCUT2D eigenvalue weighted by Crippen LogP contribution is 2.17. The van der Waals surface area contributed by atoms with E-state index in [-0.39, 0.29) is 24.5 Å². The van der Waals surface area contributed by atoms with Gasteiger partial charge in [-0.25, -0.2) is 4.39 Å². The molecule has 26 heavy (non-hydrogen) atoms. The summed E-state index contributed by atoms with van der Waals surface area (Å²) in [5.41, 5.74) is 0.401. The van der Waals surface area contributed by atoms with Crippen LogP contribution in [0.5, 0.6) is 11.5 Å². The molecule has 0 bridgehead atoms. The Morgan fingerprint density at radius 1 is 0.923 bits per heavy atom. The van der Waals surface area contributed by atoms with Crippen molar-refractivity contribution < 1.29 is 23.5 Å². The third kappa shape index (κ3) is 6.55. The van der Waals surface area contributed by atoms with Crippen LogP contribution in [-0.4, -0.2) is 31.4 Å². The van der Waals surface area contributed by atoms with Crippen molar-refractivity contribution in [3.8, 4) is 11.5 Å². The number of hydrogen-bond acceptors (Lipinski definition) is 4. The van der Waals surface area contributed by atoms with Crippen molar-refractivity contribution in [3.63, 3.8) is 0 Å². The zero-order valence-corrected chi connectivity index (χ0v) is 14.7. The maximum absolute atomic E-state index is 12.8. The van der Waals surface area contributed by atoms with Gasteiger partial charge in [0.2, 0.25) is 5.91 Å². The van der Waals surface area contributed by atoms with Gasteiger partial charge < -0.3 is 14.8 Å². The number of Topliss-reactive ketones (excluding diaryl/α,β-unsaturated/α-hetero) is 1. The average Bonchev–Trinajstić information content (AvgIpc) is 2.65. The molecule has 1 amide bonds. The summed E-state index contributed by atoms with van der Waals surface area (Å²) in [4.78, 5) is 23.7. The molecule has 0 unspecified atom stereocenters. The molecule has 0 saturated heterocycles. The van der Waals surface area contributed by atoms with Gasteiger partial charge in [0.25, 0.3) is 0 Å². The Bertz CT molecular complexity index is 714. The van der Waals surface area contributed by atoms with Gasteiger partial charge in [-0.05, 0) is 55.5 Å². The van der Waals surface area contributed by atoms with Gasteiger partial charge in [0.1, 0.15) is 23.9 Å². The van der Waals surface area contributed by atoms with Crippen LogP contribution < -0.4 is 14.8 Å². The summed E-state index contributed by atoms with van der Waals surface area (Å²) in [7, 11) is 0. The van der Waals surface area contributed by atoms with Crippen molar-refractivity contribution in [1.82, 2.24) is 5.32 Å². The molecule has 1 N–H and O–H groups in total. The quantitative estimate of drug-likeness (QED) is 0.522. The number of hydrogen-bond donors (Lipinski definition) is 1. The van der Waals surface area contributed by atoms with Crippen molar-refractivity contribution >= 4 is 11.7 Å². The van der Waals surface area contributed by atoms with Gasteiger partial charge in [-0.1, -0.05) is 0 Å². The van der Waals surface area contributed by atoms with Gasteiger partial charge in [0, 0.05) is 18.4 Å². The van der Waals surface area contributed by atoms with E-state index in [9.17, 15) is 14.0 Å². The van der Waals surface area contributed by atoms with E-state index in [1.165, 1.54) is 24.3 Å². The van der Waals surface area contributed by atoms with Crippen LogP contribution in [0.4, 0.5) is 4.39 Å². The fraction of sp³-hybridized carbons (Fsp3) is 0.300. The van der Waals surface area contributed by atoms with E-state index in [1.54, 1.807) is 12.1 Å². The second-order valence-electron chi connectivity index (χ2n) is 5.53. The predicted molar refractivity (Wildman–Crippen MR) is 96.1 cm³/mol. The molecule has 0 saturated carbocycles. The van der Waals surface area contributed by atoms with Crippen molar-refractivity contribution in [1.29, 1.82) is 0 Å². The maximum atomic E-state index is 12.8. The molecule has 0 spiro atoms. The van der Waals surface area contributed by atoms with Crippen molar-refractivity contribution in [2.45, 2.75) is 19.8 Å². The molecule has 0 fully saturated rings. The molecule has 0 aliphatic heterocycles. The average molecular weight is 359 g/mol. The molecular formula is C20H22FNO4. The summed E-state index contributed by atoms with van der Waals surface area (Å²) in [6, 6.07) is 12.5. The first kappa shape index (κ1) is 19.4. The Kier molecular flexibility index (Phi) is 7.61. The standard InChI is InChI=1S/C20H22FNO4/c1-2-25-17-7-9-18(10-8-17)26-14-13-22-20(24)12-11-19(23)15-3-5-16(21)6-4-15/h3-10H,2,11-14H2,1H3,(H,22,24). The van der Waals surface area contributed by atoms with E-state index in [0.29, 0.717) is 31.1 Å². The minimum Gasteiger partial charge on any atom is -0.494 e. The van der Waals surface area contributed by atoms with Gasteiger partial charge in [-0.3, -0.25) is 9.59 Å². The number of carbonyl (C=O) groups is 2. The van der Waals surface area contributed by atoms with E-state index in [0.717, 1.165) is 5.75 Å². The number of rotatable bonds is 10. The summed E-state index contributed by atoms with van der Waals surface area (Å²) < 4.78 is 23.7. The van der Waals surface area contributed by atoms with Crippen LogP contribution in [0.1, 0.15) is 30.1 Å². The Labute approximate surface area is 152 Å². The van der Waals surface area contributed by atoms with Crippen LogP contribution in [-0.2, 0) is 4.79 Å². The number of nitrogens with one attached hydrogen (secondary N) is 1. The molecule has 0 aliphatic carbocycles. The lowest BCUT2D eigenvalue weighted by Gasteiger charge is -2.09. The number of benzene rings is 2. The van der Waals surface area contributed by atoms with Crippen molar-refractivity contribution in [2.75, 3.05) is 19.8 Å². The molecular weight excluding hydrogens is 337 g/mol. The Balaban J connectivity index is 1.62. The minimum absolute atomic E-state index is 0.0806. The number of ketones is 1. The zero-order chi connectivity index (χ0) is 18.8. The molecule has 6 heteroatoms. The molecule has 0 radical (unpaired) electrons. The maximum Gasteiger partial charge on any atom is 0.220 e. The van der Waals surface area contributed by atoms with Gasteiger partial charge in [0.05, 0.1) is 13.2 Å².